The number of hydrazone groups is 1. The van der Waals surface area contributed by atoms with Gasteiger partial charge < -0.3 is 0 Å². The van der Waals surface area contributed by atoms with Gasteiger partial charge in [0.05, 0.1) is 22.9 Å². The second-order valence-corrected chi connectivity index (χ2v) is 11.0. The number of nitrogens with one attached hydrogen (secondary N) is 1. The van der Waals surface area contributed by atoms with Gasteiger partial charge in [-0.15, -0.1) is 0 Å². The van der Waals surface area contributed by atoms with Crippen molar-refractivity contribution < 1.29 is 14.4 Å². The third-order valence-electron chi connectivity index (χ3n) is 8.24. The molecule has 0 aromatic heterocycles. The lowest BCUT2D eigenvalue weighted by Gasteiger charge is -2.52. The number of imide groups is 1. The van der Waals surface area contributed by atoms with Crippen molar-refractivity contribution in [2.45, 2.75) is 11.3 Å². The van der Waals surface area contributed by atoms with Crippen molar-refractivity contribution in [2.75, 3.05) is 4.90 Å². The van der Waals surface area contributed by atoms with Gasteiger partial charge in [-0.05, 0) is 58.7 Å². The SMILES string of the molecule is O=C(N/N=C\C12c3ccccc3C(c3ccccc31)[C@H]1C(=O)N(c3ccccc3)C(=O)[C@H]12)c1ccc(Br)cc1. The Bertz CT molecular complexity index is 1640. The topological polar surface area (TPSA) is 78.8 Å². The summed E-state index contributed by atoms with van der Waals surface area (Å²) in [6.07, 6.45) is 1.67. The van der Waals surface area contributed by atoms with Gasteiger partial charge in [-0.2, -0.15) is 5.10 Å². The average Bonchev–Trinajstić information content (AvgIpc) is 3.24. The van der Waals surface area contributed by atoms with Gasteiger partial charge in [0.1, 0.15) is 0 Å². The summed E-state index contributed by atoms with van der Waals surface area (Å²) in [4.78, 5) is 42.6. The molecule has 1 N–H and O–H groups in total. The van der Waals surface area contributed by atoms with Crippen molar-refractivity contribution in [1.82, 2.24) is 5.43 Å². The number of amides is 3. The highest BCUT2D eigenvalue weighted by Gasteiger charge is 2.68. The minimum Gasteiger partial charge on any atom is -0.274 e. The molecular formula is C32H22BrN3O3. The maximum Gasteiger partial charge on any atom is 0.271 e. The second-order valence-electron chi connectivity index (χ2n) is 10.1. The zero-order chi connectivity index (χ0) is 26.7. The van der Waals surface area contributed by atoms with Crippen molar-refractivity contribution >= 4 is 45.6 Å². The summed E-state index contributed by atoms with van der Waals surface area (Å²) in [6, 6.07) is 32.0. The Hall–Kier alpha value is -4.36. The Morgan fingerprint density at radius 2 is 1.38 bits per heavy atom. The predicted octanol–water partition coefficient (Wildman–Crippen LogP) is 5.42. The van der Waals surface area contributed by atoms with E-state index >= 15 is 0 Å². The van der Waals surface area contributed by atoms with E-state index in [1.807, 2.05) is 66.7 Å². The van der Waals surface area contributed by atoms with Gasteiger partial charge in [0.25, 0.3) is 5.91 Å². The zero-order valence-electron chi connectivity index (χ0n) is 20.6. The van der Waals surface area contributed by atoms with Crippen molar-refractivity contribution in [3.05, 3.63) is 135 Å². The molecule has 2 bridgehead atoms. The number of rotatable bonds is 4. The fourth-order valence-corrected chi connectivity index (χ4v) is 7.00. The summed E-state index contributed by atoms with van der Waals surface area (Å²) in [5.74, 6) is -2.36. The summed E-state index contributed by atoms with van der Waals surface area (Å²) in [5.41, 5.74) is 6.55. The highest BCUT2D eigenvalue weighted by atomic mass is 79.9. The minimum atomic E-state index is -1.03. The Morgan fingerprint density at radius 3 is 2.03 bits per heavy atom. The van der Waals surface area contributed by atoms with Gasteiger partial charge in [-0.3, -0.25) is 14.4 Å². The van der Waals surface area contributed by atoms with E-state index in [-0.39, 0.29) is 23.6 Å². The Kier molecular flexibility index (Phi) is 5.39. The first-order valence-corrected chi connectivity index (χ1v) is 13.5. The summed E-state index contributed by atoms with van der Waals surface area (Å²) < 4.78 is 0.868. The lowest BCUT2D eigenvalue weighted by molar-refractivity contribution is -0.122. The van der Waals surface area contributed by atoms with E-state index in [2.05, 4.69) is 26.5 Å². The Labute approximate surface area is 233 Å². The fourth-order valence-electron chi connectivity index (χ4n) is 6.74. The summed E-state index contributed by atoms with van der Waals surface area (Å²) >= 11 is 3.38. The highest BCUT2D eigenvalue weighted by molar-refractivity contribution is 9.10. The molecule has 2 atom stereocenters. The largest absolute Gasteiger partial charge is 0.274 e. The maximum absolute atomic E-state index is 14.3. The lowest BCUT2D eigenvalue weighted by atomic mass is 9.47. The smallest absolute Gasteiger partial charge is 0.271 e. The molecule has 3 amide bonds. The molecule has 4 aromatic carbocycles. The number of anilines is 1. The van der Waals surface area contributed by atoms with E-state index in [1.165, 1.54) is 4.90 Å². The van der Waals surface area contributed by atoms with Gasteiger partial charge >= 0.3 is 0 Å². The summed E-state index contributed by atoms with van der Waals surface area (Å²) in [7, 11) is 0. The summed E-state index contributed by atoms with van der Waals surface area (Å²) in [6.45, 7) is 0. The van der Waals surface area contributed by atoms with Gasteiger partial charge in [0, 0.05) is 22.2 Å². The Balaban J connectivity index is 1.40. The Morgan fingerprint density at radius 1 is 0.795 bits per heavy atom. The molecule has 0 saturated carbocycles. The fraction of sp³-hybridized carbons (Fsp3) is 0.125. The van der Waals surface area contributed by atoms with Crippen LogP contribution in [0, 0.1) is 11.8 Å². The molecule has 3 aliphatic carbocycles. The van der Waals surface area contributed by atoms with Crippen LogP contribution in [-0.4, -0.2) is 23.9 Å². The standard InChI is InChI=1S/C32H22BrN3O3/c33-20-16-14-19(15-17-20)29(37)35-34-18-32-24-12-6-4-10-22(24)26(23-11-5-7-13-25(23)32)27-28(32)31(39)36(30(27)38)21-8-2-1-3-9-21/h1-18,26-28H,(H,35,37)/b34-18-/t26?,27-,28+,32?/m1/s1. The average molecular weight is 576 g/mol. The maximum atomic E-state index is 14.3. The third kappa shape index (κ3) is 3.32. The van der Waals surface area contributed by atoms with Crippen LogP contribution in [-0.2, 0) is 15.0 Å². The first kappa shape index (κ1) is 23.7. The number of hydrogen-bond acceptors (Lipinski definition) is 4. The van der Waals surface area contributed by atoms with E-state index < -0.39 is 17.3 Å². The van der Waals surface area contributed by atoms with Crippen molar-refractivity contribution in [2.24, 2.45) is 16.9 Å². The van der Waals surface area contributed by atoms with Crippen molar-refractivity contribution in [3.8, 4) is 0 Å². The first-order chi connectivity index (χ1) is 19.0. The molecule has 0 radical (unpaired) electrons. The van der Waals surface area contributed by atoms with Crippen LogP contribution in [0.4, 0.5) is 5.69 Å². The van der Waals surface area contributed by atoms with E-state index in [0.29, 0.717) is 11.3 Å². The van der Waals surface area contributed by atoms with Gasteiger partial charge in [0.2, 0.25) is 11.8 Å². The molecule has 4 aromatic rings. The van der Waals surface area contributed by atoms with Crippen molar-refractivity contribution in [3.63, 3.8) is 0 Å². The molecule has 6 nitrogen and oxygen atoms in total. The van der Waals surface area contributed by atoms with Crippen molar-refractivity contribution in [1.29, 1.82) is 0 Å². The third-order valence-corrected chi connectivity index (χ3v) is 8.77. The molecule has 1 aliphatic heterocycles. The van der Waals surface area contributed by atoms with E-state index in [0.717, 1.165) is 26.7 Å². The molecule has 39 heavy (non-hydrogen) atoms. The monoisotopic (exact) mass is 575 g/mol. The molecule has 1 saturated heterocycles. The molecule has 7 heteroatoms. The normalized spacial score (nSPS) is 24.4. The highest BCUT2D eigenvalue weighted by Crippen LogP contribution is 2.63. The quantitative estimate of drug-likeness (QED) is 0.200. The van der Waals surface area contributed by atoms with Crippen LogP contribution in [0.1, 0.15) is 38.5 Å². The summed E-state index contributed by atoms with van der Waals surface area (Å²) in [5, 5.41) is 4.46. The van der Waals surface area contributed by atoms with Crippen LogP contribution in [0.15, 0.2) is 113 Å². The number of carbonyl (C=O) groups is 3. The van der Waals surface area contributed by atoms with E-state index in [9.17, 15) is 14.4 Å². The molecule has 1 fully saturated rings. The van der Waals surface area contributed by atoms with Gasteiger partial charge in [-0.25, -0.2) is 10.3 Å². The van der Waals surface area contributed by atoms with Gasteiger partial charge in [-0.1, -0.05) is 82.7 Å². The van der Waals surface area contributed by atoms with E-state index in [1.54, 1.807) is 42.6 Å². The minimum absolute atomic E-state index is 0.207. The zero-order valence-corrected chi connectivity index (χ0v) is 22.2. The molecule has 4 aliphatic rings. The number of halogens is 1. The predicted molar refractivity (Wildman–Crippen MR) is 152 cm³/mol. The lowest BCUT2D eigenvalue weighted by Crippen LogP contribution is -2.54. The van der Waals surface area contributed by atoms with E-state index in [4.69, 9.17) is 0 Å². The number of benzene rings is 4. The molecular weight excluding hydrogens is 554 g/mol. The number of hydrogen-bond donors (Lipinski definition) is 1. The number of carbonyl (C=O) groups excluding carboxylic acids is 3. The van der Waals surface area contributed by atoms with Crippen LogP contribution in [0.3, 0.4) is 0 Å². The van der Waals surface area contributed by atoms with Gasteiger partial charge in [0.15, 0.2) is 0 Å². The van der Waals surface area contributed by atoms with Crippen LogP contribution in [0.25, 0.3) is 0 Å². The molecule has 8 rings (SSSR count). The molecule has 1 heterocycles. The first-order valence-electron chi connectivity index (χ1n) is 12.7. The number of para-hydroxylation sites is 1. The van der Waals surface area contributed by atoms with Crippen LogP contribution in [0.5, 0.6) is 0 Å². The molecule has 190 valence electrons. The van der Waals surface area contributed by atoms with Crippen LogP contribution in [0.2, 0.25) is 0 Å². The molecule has 0 spiro atoms. The number of nitrogens with zero attached hydrogens (tertiary/aromatic N) is 2. The molecule has 0 unspecified atom stereocenters. The second kappa shape index (κ2) is 8.85. The van der Waals surface area contributed by atoms with Crippen LogP contribution < -0.4 is 10.3 Å². The van der Waals surface area contributed by atoms with Crippen LogP contribution >= 0.6 is 15.9 Å².